The molecule has 1 saturated heterocycles. The topological polar surface area (TPSA) is 21.8 Å². The fourth-order valence-electron chi connectivity index (χ4n) is 1.70. The summed E-state index contributed by atoms with van der Waals surface area (Å²) >= 11 is 7.07. The summed E-state index contributed by atoms with van der Waals surface area (Å²) in [4.78, 5) is 0. The normalized spacial score (nSPS) is 18.4. The van der Waals surface area contributed by atoms with Crippen molar-refractivity contribution in [1.82, 2.24) is 0 Å². The molecule has 0 bridgehead atoms. The van der Waals surface area contributed by atoms with Gasteiger partial charge in [-0.25, -0.2) is 0 Å². The Balaban J connectivity index is 1.96. The van der Waals surface area contributed by atoms with Gasteiger partial charge in [0.05, 0.1) is 11.1 Å². The van der Waals surface area contributed by atoms with Crippen molar-refractivity contribution in [2.75, 3.05) is 13.2 Å². The molecule has 3 rings (SSSR count). The van der Waals surface area contributed by atoms with Gasteiger partial charge in [-0.05, 0) is 44.9 Å². The summed E-state index contributed by atoms with van der Waals surface area (Å²) in [5.41, 5.74) is 0. The van der Waals surface area contributed by atoms with Crippen LogP contribution in [0.3, 0.4) is 0 Å². The van der Waals surface area contributed by atoms with Gasteiger partial charge >= 0.3 is 0 Å². The van der Waals surface area contributed by atoms with E-state index in [1.807, 2.05) is 12.1 Å². The van der Waals surface area contributed by atoms with Crippen molar-refractivity contribution >= 4 is 42.6 Å². The van der Waals surface area contributed by atoms with Crippen LogP contribution in [0.5, 0.6) is 5.75 Å². The summed E-state index contributed by atoms with van der Waals surface area (Å²) in [7, 11) is 0. The Bertz CT molecular complexity index is 565. The molecule has 0 saturated carbocycles. The van der Waals surface area contributed by atoms with Crippen LogP contribution < -0.4 is 4.74 Å². The maximum absolute atomic E-state index is 5.72. The fraction of sp³-hybridized carbons (Fsp3) is 0.231. The molecule has 0 N–H and O–H groups in total. The van der Waals surface area contributed by atoms with E-state index in [-0.39, 0.29) is 6.10 Å². The van der Waals surface area contributed by atoms with Crippen molar-refractivity contribution in [3.63, 3.8) is 0 Å². The molecule has 17 heavy (non-hydrogen) atoms. The molecule has 1 atom stereocenters. The molecule has 0 radical (unpaired) electrons. The number of hydrogen-bond donors (Lipinski definition) is 0. The van der Waals surface area contributed by atoms with Gasteiger partial charge in [-0.3, -0.25) is 0 Å². The van der Waals surface area contributed by atoms with Gasteiger partial charge in [0.1, 0.15) is 18.5 Å². The molecule has 1 heterocycles. The molecular formula is C13H10Br2O2. The monoisotopic (exact) mass is 356 g/mol. The third-order valence-corrected chi connectivity index (χ3v) is 4.02. The number of fused-ring (bicyclic) bond motifs is 1. The maximum atomic E-state index is 5.72. The van der Waals surface area contributed by atoms with Crippen LogP contribution in [0.1, 0.15) is 0 Å². The first kappa shape index (κ1) is 11.5. The predicted octanol–water partition coefficient (Wildman–Crippen LogP) is 4.14. The Morgan fingerprint density at radius 3 is 2.82 bits per heavy atom. The van der Waals surface area contributed by atoms with Crippen molar-refractivity contribution in [1.29, 1.82) is 0 Å². The lowest BCUT2D eigenvalue weighted by molar-refractivity contribution is 0.262. The summed E-state index contributed by atoms with van der Waals surface area (Å²) < 4.78 is 12.9. The van der Waals surface area contributed by atoms with Gasteiger partial charge in [0, 0.05) is 4.47 Å². The maximum Gasteiger partial charge on any atom is 0.134 e. The molecule has 1 aliphatic rings. The standard InChI is InChI=1S/C13H10Br2O2/c14-9-2-3-11-8(5-9)1-4-12(13(11)15)17-7-10-6-16-10/h1-5,10H,6-7H2. The second-order valence-corrected chi connectivity index (χ2v) is 5.72. The van der Waals surface area contributed by atoms with Crippen LogP contribution in [0.25, 0.3) is 10.8 Å². The van der Waals surface area contributed by atoms with E-state index < -0.39 is 0 Å². The Hall–Kier alpha value is -0.580. The molecule has 2 nitrogen and oxygen atoms in total. The van der Waals surface area contributed by atoms with Crippen LogP contribution in [0.4, 0.5) is 0 Å². The van der Waals surface area contributed by atoms with Gasteiger partial charge < -0.3 is 9.47 Å². The number of ether oxygens (including phenoxy) is 2. The number of epoxide rings is 1. The molecule has 88 valence electrons. The van der Waals surface area contributed by atoms with Gasteiger partial charge in [0.25, 0.3) is 0 Å². The molecule has 4 heteroatoms. The van der Waals surface area contributed by atoms with Crippen LogP contribution in [0.15, 0.2) is 39.3 Å². The van der Waals surface area contributed by atoms with Crippen molar-refractivity contribution in [3.05, 3.63) is 39.3 Å². The Morgan fingerprint density at radius 2 is 2.06 bits per heavy atom. The number of benzene rings is 2. The van der Waals surface area contributed by atoms with Gasteiger partial charge in [0.2, 0.25) is 0 Å². The molecule has 1 unspecified atom stereocenters. The number of hydrogen-bond acceptors (Lipinski definition) is 2. The highest BCUT2D eigenvalue weighted by Gasteiger charge is 2.23. The van der Waals surface area contributed by atoms with Crippen LogP contribution in [-0.4, -0.2) is 19.3 Å². The van der Waals surface area contributed by atoms with Gasteiger partial charge in [-0.15, -0.1) is 0 Å². The van der Waals surface area contributed by atoms with E-state index in [0.29, 0.717) is 6.61 Å². The van der Waals surface area contributed by atoms with Crippen LogP contribution in [0, 0.1) is 0 Å². The van der Waals surface area contributed by atoms with E-state index in [1.54, 1.807) is 0 Å². The molecular weight excluding hydrogens is 348 g/mol. The summed E-state index contributed by atoms with van der Waals surface area (Å²) in [5, 5.41) is 2.34. The minimum atomic E-state index is 0.280. The van der Waals surface area contributed by atoms with Crippen molar-refractivity contribution in [2.24, 2.45) is 0 Å². The average Bonchev–Trinajstić information content (AvgIpc) is 3.12. The zero-order chi connectivity index (χ0) is 11.8. The first-order valence-electron chi connectivity index (χ1n) is 5.36. The summed E-state index contributed by atoms with van der Waals surface area (Å²) in [6.45, 7) is 1.44. The summed E-state index contributed by atoms with van der Waals surface area (Å²) in [6, 6.07) is 10.2. The third-order valence-electron chi connectivity index (χ3n) is 2.71. The zero-order valence-electron chi connectivity index (χ0n) is 8.95. The SMILES string of the molecule is Brc1ccc2c(Br)c(OCC3CO3)ccc2c1. The Morgan fingerprint density at radius 1 is 1.24 bits per heavy atom. The fourth-order valence-corrected chi connectivity index (χ4v) is 2.69. The highest BCUT2D eigenvalue weighted by atomic mass is 79.9. The Kier molecular flexibility index (Phi) is 3.11. The van der Waals surface area contributed by atoms with Crippen molar-refractivity contribution in [3.8, 4) is 5.75 Å². The first-order valence-corrected chi connectivity index (χ1v) is 6.95. The lowest BCUT2D eigenvalue weighted by atomic mass is 10.1. The molecule has 2 aromatic carbocycles. The number of halogens is 2. The predicted molar refractivity (Wildman–Crippen MR) is 74.6 cm³/mol. The van der Waals surface area contributed by atoms with Crippen molar-refractivity contribution < 1.29 is 9.47 Å². The minimum absolute atomic E-state index is 0.280. The molecule has 1 aliphatic heterocycles. The third kappa shape index (κ3) is 2.49. The summed E-state index contributed by atoms with van der Waals surface area (Å²) in [6.07, 6.45) is 0.280. The minimum Gasteiger partial charge on any atom is -0.490 e. The lowest BCUT2D eigenvalue weighted by Gasteiger charge is -2.09. The highest BCUT2D eigenvalue weighted by Crippen LogP contribution is 2.34. The summed E-state index contributed by atoms with van der Waals surface area (Å²) in [5.74, 6) is 0.871. The molecule has 1 fully saturated rings. The quantitative estimate of drug-likeness (QED) is 0.770. The van der Waals surface area contributed by atoms with E-state index in [9.17, 15) is 0 Å². The van der Waals surface area contributed by atoms with Gasteiger partial charge in [-0.2, -0.15) is 0 Å². The Labute approximate surface area is 116 Å². The molecule has 0 aliphatic carbocycles. The zero-order valence-corrected chi connectivity index (χ0v) is 12.1. The average molecular weight is 358 g/mol. The van der Waals surface area contributed by atoms with Crippen molar-refractivity contribution in [2.45, 2.75) is 6.10 Å². The molecule has 0 amide bonds. The van der Waals surface area contributed by atoms with E-state index in [1.165, 1.54) is 5.39 Å². The van der Waals surface area contributed by atoms with Gasteiger partial charge in [0.15, 0.2) is 0 Å². The number of rotatable bonds is 3. The second-order valence-electron chi connectivity index (χ2n) is 4.01. The van der Waals surface area contributed by atoms with E-state index in [2.05, 4.69) is 50.1 Å². The molecule has 0 spiro atoms. The van der Waals surface area contributed by atoms with Crippen LogP contribution in [0.2, 0.25) is 0 Å². The highest BCUT2D eigenvalue weighted by molar-refractivity contribution is 9.11. The van der Waals surface area contributed by atoms with E-state index in [0.717, 1.165) is 26.7 Å². The van der Waals surface area contributed by atoms with Gasteiger partial charge in [-0.1, -0.05) is 28.1 Å². The molecule has 2 aromatic rings. The lowest BCUT2D eigenvalue weighted by Crippen LogP contribution is -2.04. The molecule has 0 aromatic heterocycles. The van der Waals surface area contributed by atoms with E-state index in [4.69, 9.17) is 9.47 Å². The second kappa shape index (κ2) is 4.59. The van der Waals surface area contributed by atoms with Crippen LogP contribution in [-0.2, 0) is 4.74 Å². The smallest absolute Gasteiger partial charge is 0.134 e. The van der Waals surface area contributed by atoms with E-state index >= 15 is 0 Å². The largest absolute Gasteiger partial charge is 0.490 e. The first-order chi connectivity index (χ1) is 8.24. The van der Waals surface area contributed by atoms with Crippen LogP contribution >= 0.6 is 31.9 Å².